The van der Waals surface area contributed by atoms with Gasteiger partial charge in [0.1, 0.15) is 0 Å². The van der Waals surface area contributed by atoms with Gasteiger partial charge in [-0.05, 0) is 36.0 Å². The average molecular weight is 209 g/mol. The minimum absolute atomic E-state index is 0.305. The molecule has 0 aromatic heterocycles. The van der Waals surface area contributed by atoms with Crippen molar-refractivity contribution < 1.29 is 5.21 Å². The van der Waals surface area contributed by atoms with Gasteiger partial charge in [0, 0.05) is 5.92 Å². The molecule has 0 saturated heterocycles. The highest BCUT2D eigenvalue weighted by Crippen LogP contribution is 2.60. The Kier molecular flexibility index (Phi) is 2.36. The van der Waals surface area contributed by atoms with Gasteiger partial charge in [0.2, 0.25) is 0 Å². The van der Waals surface area contributed by atoms with Gasteiger partial charge in [0.05, 0.1) is 5.71 Å². The Balaban J connectivity index is 2.43. The molecule has 2 aliphatic rings. The lowest BCUT2D eigenvalue weighted by atomic mass is 9.56. The third-order valence-electron chi connectivity index (χ3n) is 5.08. The first-order valence-electron chi connectivity index (χ1n) is 6.12. The van der Waals surface area contributed by atoms with E-state index >= 15 is 0 Å². The Hall–Kier alpha value is -0.530. The van der Waals surface area contributed by atoms with E-state index in [9.17, 15) is 0 Å². The average Bonchev–Trinajstić information content (AvgIpc) is 2.39. The van der Waals surface area contributed by atoms with Gasteiger partial charge in [-0.1, -0.05) is 39.3 Å². The van der Waals surface area contributed by atoms with Crippen LogP contribution in [0.1, 0.15) is 53.4 Å². The van der Waals surface area contributed by atoms with Crippen LogP contribution >= 0.6 is 0 Å². The fourth-order valence-corrected chi connectivity index (χ4v) is 4.23. The zero-order chi connectivity index (χ0) is 11.3. The molecule has 0 heterocycles. The van der Waals surface area contributed by atoms with Crippen molar-refractivity contribution in [1.82, 2.24) is 0 Å². The second kappa shape index (κ2) is 3.23. The van der Waals surface area contributed by atoms with E-state index in [0.717, 1.165) is 12.1 Å². The summed E-state index contributed by atoms with van der Waals surface area (Å²) >= 11 is 0. The summed E-state index contributed by atoms with van der Waals surface area (Å²) in [5.41, 5.74) is 1.72. The number of hydrogen-bond donors (Lipinski definition) is 1. The number of hydrogen-bond acceptors (Lipinski definition) is 2. The van der Waals surface area contributed by atoms with Crippen molar-refractivity contribution in [3.8, 4) is 0 Å². The van der Waals surface area contributed by atoms with Gasteiger partial charge in [-0.3, -0.25) is 0 Å². The quantitative estimate of drug-likeness (QED) is 0.479. The van der Waals surface area contributed by atoms with E-state index in [4.69, 9.17) is 5.21 Å². The fraction of sp³-hybridized carbons (Fsp3) is 0.923. The maximum Gasteiger partial charge on any atom is 0.0615 e. The molecule has 0 aromatic rings. The SMILES string of the molecule is C[C@@H]1C/C(=N/O)[C@H]2C(C)(C)CCC[C@@]12C. The van der Waals surface area contributed by atoms with E-state index in [2.05, 4.69) is 32.9 Å². The minimum Gasteiger partial charge on any atom is -0.411 e. The Morgan fingerprint density at radius 3 is 2.53 bits per heavy atom. The lowest BCUT2D eigenvalue weighted by Gasteiger charge is -2.48. The van der Waals surface area contributed by atoms with Gasteiger partial charge in [-0.25, -0.2) is 0 Å². The molecule has 2 nitrogen and oxygen atoms in total. The van der Waals surface area contributed by atoms with Crippen molar-refractivity contribution in [2.24, 2.45) is 27.8 Å². The van der Waals surface area contributed by atoms with Crippen LogP contribution in [0.25, 0.3) is 0 Å². The molecule has 2 rings (SSSR count). The molecule has 0 spiro atoms. The molecular weight excluding hydrogens is 186 g/mol. The molecule has 2 aliphatic carbocycles. The monoisotopic (exact) mass is 209 g/mol. The molecular formula is C13H23NO. The molecule has 1 N–H and O–H groups in total. The predicted molar refractivity (Wildman–Crippen MR) is 62.2 cm³/mol. The van der Waals surface area contributed by atoms with Crippen LogP contribution in [0.2, 0.25) is 0 Å². The molecule has 0 aliphatic heterocycles. The van der Waals surface area contributed by atoms with E-state index in [-0.39, 0.29) is 0 Å². The molecule has 0 bridgehead atoms. The van der Waals surface area contributed by atoms with E-state index < -0.39 is 0 Å². The van der Waals surface area contributed by atoms with Crippen LogP contribution in [0.4, 0.5) is 0 Å². The smallest absolute Gasteiger partial charge is 0.0615 e. The van der Waals surface area contributed by atoms with Gasteiger partial charge in [0.15, 0.2) is 0 Å². The Morgan fingerprint density at radius 1 is 1.27 bits per heavy atom. The van der Waals surface area contributed by atoms with Crippen molar-refractivity contribution in [1.29, 1.82) is 0 Å². The zero-order valence-corrected chi connectivity index (χ0v) is 10.4. The van der Waals surface area contributed by atoms with Crippen molar-refractivity contribution in [2.45, 2.75) is 53.4 Å². The normalized spacial score (nSPS) is 46.8. The fourth-order valence-electron chi connectivity index (χ4n) is 4.23. The zero-order valence-electron chi connectivity index (χ0n) is 10.4. The number of nitrogens with zero attached hydrogens (tertiary/aromatic N) is 1. The van der Waals surface area contributed by atoms with Crippen LogP contribution in [-0.2, 0) is 0 Å². The number of oxime groups is 1. The molecule has 0 aromatic carbocycles. The summed E-state index contributed by atoms with van der Waals surface area (Å²) in [5, 5.41) is 12.7. The number of rotatable bonds is 0. The molecule has 86 valence electrons. The summed E-state index contributed by atoms with van der Waals surface area (Å²) in [6.07, 6.45) is 4.87. The molecule has 15 heavy (non-hydrogen) atoms. The molecule has 0 amide bonds. The van der Waals surface area contributed by atoms with Gasteiger partial charge in [-0.15, -0.1) is 0 Å². The molecule has 0 radical (unpaired) electrons. The van der Waals surface area contributed by atoms with Crippen LogP contribution in [0, 0.1) is 22.7 Å². The molecule has 2 saturated carbocycles. The highest BCUT2D eigenvalue weighted by atomic mass is 16.4. The van der Waals surface area contributed by atoms with Crippen molar-refractivity contribution in [2.75, 3.05) is 0 Å². The summed E-state index contributed by atoms with van der Waals surface area (Å²) in [4.78, 5) is 0. The van der Waals surface area contributed by atoms with Crippen LogP contribution in [-0.4, -0.2) is 10.9 Å². The summed E-state index contributed by atoms with van der Waals surface area (Å²) in [6.45, 7) is 9.37. The first-order chi connectivity index (χ1) is 6.92. The summed E-state index contributed by atoms with van der Waals surface area (Å²) in [7, 11) is 0. The lowest BCUT2D eigenvalue weighted by Crippen LogP contribution is -2.43. The summed E-state index contributed by atoms with van der Waals surface area (Å²) < 4.78 is 0. The van der Waals surface area contributed by atoms with E-state index in [1.807, 2.05) is 0 Å². The van der Waals surface area contributed by atoms with Crippen LogP contribution in [0.15, 0.2) is 5.16 Å². The van der Waals surface area contributed by atoms with E-state index in [1.54, 1.807) is 0 Å². The van der Waals surface area contributed by atoms with Gasteiger partial charge < -0.3 is 5.21 Å². The largest absolute Gasteiger partial charge is 0.411 e. The first kappa shape index (κ1) is 11.0. The highest BCUT2D eigenvalue weighted by Gasteiger charge is 2.56. The minimum atomic E-state index is 0.305. The Bertz CT molecular complexity index is 295. The second-order valence-electron chi connectivity index (χ2n) is 6.48. The Labute approximate surface area is 92.8 Å². The number of fused-ring (bicyclic) bond motifs is 1. The molecule has 2 fully saturated rings. The van der Waals surface area contributed by atoms with Gasteiger partial charge in [-0.2, -0.15) is 0 Å². The van der Waals surface area contributed by atoms with Gasteiger partial charge in [0.25, 0.3) is 0 Å². The predicted octanol–water partition coefficient (Wildman–Crippen LogP) is 3.69. The second-order valence-corrected chi connectivity index (χ2v) is 6.48. The molecule has 0 unspecified atom stereocenters. The molecule has 2 heteroatoms. The lowest BCUT2D eigenvalue weighted by molar-refractivity contribution is 0.0297. The summed E-state index contributed by atoms with van der Waals surface area (Å²) in [6, 6.07) is 0. The topological polar surface area (TPSA) is 32.6 Å². The Morgan fingerprint density at radius 2 is 1.93 bits per heavy atom. The van der Waals surface area contributed by atoms with Crippen LogP contribution in [0.5, 0.6) is 0 Å². The maximum absolute atomic E-state index is 9.16. The maximum atomic E-state index is 9.16. The third kappa shape index (κ3) is 1.41. The van der Waals surface area contributed by atoms with Crippen molar-refractivity contribution in [3.63, 3.8) is 0 Å². The van der Waals surface area contributed by atoms with Crippen LogP contribution < -0.4 is 0 Å². The van der Waals surface area contributed by atoms with Crippen molar-refractivity contribution >= 4 is 5.71 Å². The first-order valence-corrected chi connectivity index (χ1v) is 6.12. The van der Waals surface area contributed by atoms with Crippen molar-refractivity contribution in [3.05, 3.63) is 0 Å². The van der Waals surface area contributed by atoms with Gasteiger partial charge >= 0.3 is 0 Å². The third-order valence-corrected chi connectivity index (χ3v) is 5.08. The van der Waals surface area contributed by atoms with Crippen LogP contribution in [0.3, 0.4) is 0 Å². The van der Waals surface area contributed by atoms with E-state index in [0.29, 0.717) is 22.7 Å². The van der Waals surface area contributed by atoms with E-state index in [1.165, 1.54) is 19.3 Å². The highest BCUT2D eigenvalue weighted by molar-refractivity contribution is 5.90. The standard InChI is InChI=1S/C13H23NO/c1-9-8-10(14-15)11-12(2,3)6-5-7-13(9,11)4/h9,11,15H,5-8H2,1-4H3/b14-10-/t9-,11+,13+/m1/s1. The summed E-state index contributed by atoms with van der Waals surface area (Å²) in [5.74, 6) is 1.15. The molecule has 3 atom stereocenters.